The fourth-order valence-electron chi connectivity index (χ4n) is 1.36. The highest BCUT2D eigenvalue weighted by Gasteiger charge is 2.07. The Labute approximate surface area is 94.9 Å². The molecule has 1 aromatic carbocycles. The summed E-state index contributed by atoms with van der Waals surface area (Å²) >= 11 is 3.36. The van der Waals surface area contributed by atoms with Gasteiger partial charge in [0, 0.05) is 17.2 Å². The van der Waals surface area contributed by atoms with Crippen molar-refractivity contribution in [2.45, 2.75) is 6.54 Å². The first kappa shape index (κ1) is 10.3. The van der Waals surface area contributed by atoms with Crippen molar-refractivity contribution in [3.63, 3.8) is 0 Å². The van der Waals surface area contributed by atoms with E-state index in [9.17, 15) is 4.39 Å². The third-order valence-corrected chi connectivity index (χ3v) is 2.76. The molecule has 78 valence electrons. The van der Waals surface area contributed by atoms with Gasteiger partial charge < -0.3 is 10.3 Å². The molecule has 0 saturated heterocycles. The minimum atomic E-state index is -0.287. The second-order valence-electron chi connectivity index (χ2n) is 3.05. The van der Waals surface area contributed by atoms with Crippen LogP contribution in [0.15, 0.2) is 35.2 Å². The van der Waals surface area contributed by atoms with Gasteiger partial charge in [0.15, 0.2) is 0 Å². The molecule has 0 radical (unpaired) electrons. The van der Waals surface area contributed by atoms with Crippen molar-refractivity contribution in [1.82, 2.24) is 9.55 Å². The van der Waals surface area contributed by atoms with Crippen LogP contribution >= 0.6 is 15.9 Å². The van der Waals surface area contributed by atoms with Gasteiger partial charge in [-0.05, 0) is 34.1 Å². The molecule has 0 atom stereocenters. The van der Waals surface area contributed by atoms with E-state index in [0.717, 1.165) is 10.2 Å². The van der Waals surface area contributed by atoms with Gasteiger partial charge in [0.1, 0.15) is 5.82 Å². The monoisotopic (exact) mass is 269 g/mol. The number of halogens is 2. The van der Waals surface area contributed by atoms with Crippen LogP contribution in [0.25, 0.3) is 5.69 Å². The van der Waals surface area contributed by atoms with Crippen molar-refractivity contribution in [2.24, 2.45) is 5.73 Å². The summed E-state index contributed by atoms with van der Waals surface area (Å²) in [5, 5.41) is 0. The Morgan fingerprint density at radius 3 is 3.00 bits per heavy atom. The first-order valence-corrected chi connectivity index (χ1v) is 5.18. The summed E-state index contributed by atoms with van der Waals surface area (Å²) in [6.07, 6.45) is 3.28. The van der Waals surface area contributed by atoms with Gasteiger partial charge in [-0.2, -0.15) is 0 Å². The fraction of sp³-hybridized carbons (Fsp3) is 0.100. The summed E-state index contributed by atoms with van der Waals surface area (Å²) in [5.41, 5.74) is 7.09. The maximum absolute atomic E-state index is 13.1. The van der Waals surface area contributed by atoms with Crippen molar-refractivity contribution < 1.29 is 4.39 Å². The number of hydrogen-bond donors (Lipinski definition) is 1. The predicted molar refractivity (Wildman–Crippen MR) is 59.1 cm³/mol. The zero-order chi connectivity index (χ0) is 10.8. The van der Waals surface area contributed by atoms with Crippen molar-refractivity contribution in [3.05, 3.63) is 46.7 Å². The van der Waals surface area contributed by atoms with Gasteiger partial charge in [-0.15, -0.1) is 0 Å². The van der Waals surface area contributed by atoms with Gasteiger partial charge in [0.2, 0.25) is 0 Å². The van der Waals surface area contributed by atoms with Crippen molar-refractivity contribution in [3.8, 4) is 5.69 Å². The number of aromatic nitrogens is 2. The molecule has 2 aromatic rings. The van der Waals surface area contributed by atoms with Gasteiger partial charge in [0.05, 0.1) is 17.7 Å². The molecule has 1 heterocycles. The normalized spacial score (nSPS) is 10.6. The summed E-state index contributed by atoms with van der Waals surface area (Å²) in [4.78, 5) is 3.98. The molecule has 0 aliphatic heterocycles. The second-order valence-corrected chi connectivity index (χ2v) is 3.91. The SMILES string of the molecule is NCc1cncn1-c1cc(F)ccc1Br. The fourth-order valence-corrected chi connectivity index (χ4v) is 1.80. The number of benzene rings is 1. The Morgan fingerprint density at radius 2 is 2.27 bits per heavy atom. The van der Waals surface area contributed by atoms with Crippen LogP contribution in [0, 0.1) is 5.82 Å². The van der Waals surface area contributed by atoms with Gasteiger partial charge >= 0.3 is 0 Å². The average Bonchev–Trinajstić information content (AvgIpc) is 2.69. The van der Waals surface area contributed by atoms with E-state index in [1.165, 1.54) is 12.1 Å². The molecule has 0 unspecified atom stereocenters. The van der Waals surface area contributed by atoms with E-state index < -0.39 is 0 Å². The maximum atomic E-state index is 13.1. The minimum absolute atomic E-state index is 0.287. The number of nitrogens with two attached hydrogens (primary N) is 1. The largest absolute Gasteiger partial charge is 0.325 e. The van der Waals surface area contributed by atoms with E-state index in [1.54, 1.807) is 23.2 Å². The Kier molecular flexibility index (Phi) is 2.83. The molecule has 3 nitrogen and oxygen atoms in total. The topological polar surface area (TPSA) is 43.8 Å². The average molecular weight is 270 g/mol. The smallest absolute Gasteiger partial charge is 0.125 e. The minimum Gasteiger partial charge on any atom is -0.325 e. The lowest BCUT2D eigenvalue weighted by Crippen LogP contribution is -2.05. The maximum Gasteiger partial charge on any atom is 0.125 e. The summed E-state index contributed by atoms with van der Waals surface area (Å²) in [6, 6.07) is 4.49. The summed E-state index contributed by atoms with van der Waals surface area (Å²) in [5.74, 6) is -0.287. The van der Waals surface area contributed by atoms with Gasteiger partial charge in [0.25, 0.3) is 0 Å². The Morgan fingerprint density at radius 1 is 1.47 bits per heavy atom. The third kappa shape index (κ3) is 1.93. The van der Waals surface area contributed by atoms with Crippen LogP contribution in [0.3, 0.4) is 0 Å². The molecular weight excluding hydrogens is 261 g/mol. The highest BCUT2D eigenvalue weighted by Crippen LogP contribution is 2.23. The van der Waals surface area contributed by atoms with E-state index in [1.807, 2.05) is 0 Å². The summed E-state index contributed by atoms with van der Waals surface area (Å²) < 4.78 is 15.6. The summed E-state index contributed by atoms with van der Waals surface area (Å²) in [7, 11) is 0. The van der Waals surface area contributed by atoms with Gasteiger partial charge in [-0.3, -0.25) is 0 Å². The van der Waals surface area contributed by atoms with Crippen LogP contribution in [-0.4, -0.2) is 9.55 Å². The van der Waals surface area contributed by atoms with Gasteiger partial charge in [-0.1, -0.05) is 0 Å². The molecule has 0 aliphatic carbocycles. The second kappa shape index (κ2) is 4.12. The van der Waals surface area contributed by atoms with Crippen molar-refractivity contribution in [1.29, 1.82) is 0 Å². The molecule has 2 N–H and O–H groups in total. The molecule has 15 heavy (non-hydrogen) atoms. The molecule has 0 fully saturated rings. The van der Waals surface area contributed by atoms with E-state index >= 15 is 0 Å². The summed E-state index contributed by atoms with van der Waals surface area (Å²) in [6.45, 7) is 0.364. The molecule has 0 saturated carbocycles. The third-order valence-electron chi connectivity index (χ3n) is 2.09. The predicted octanol–water partition coefficient (Wildman–Crippen LogP) is 2.23. The standard InChI is InChI=1S/C10H9BrFN3/c11-9-2-1-7(12)3-10(9)15-6-14-5-8(15)4-13/h1-3,5-6H,4,13H2. The Hall–Kier alpha value is -1.20. The first-order chi connectivity index (χ1) is 7.22. The lowest BCUT2D eigenvalue weighted by atomic mass is 10.3. The van der Waals surface area contributed by atoms with Crippen LogP contribution in [0.2, 0.25) is 0 Å². The molecule has 2 rings (SSSR count). The molecular formula is C10H9BrFN3. The zero-order valence-electron chi connectivity index (χ0n) is 7.82. The van der Waals surface area contributed by atoms with Crippen LogP contribution in [-0.2, 0) is 6.54 Å². The molecule has 0 aliphatic rings. The lowest BCUT2D eigenvalue weighted by Gasteiger charge is -2.08. The highest BCUT2D eigenvalue weighted by atomic mass is 79.9. The Bertz CT molecular complexity index is 481. The first-order valence-electron chi connectivity index (χ1n) is 4.39. The van der Waals surface area contributed by atoms with Crippen LogP contribution in [0.4, 0.5) is 4.39 Å². The van der Waals surface area contributed by atoms with Crippen LogP contribution < -0.4 is 5.73 Å². The molecule has 1 aromatic heterocycles. The number of imidazole rings is 1. The Balaban J connectivity index is 2.58. The molecule has 5 heteroatoms. The van der Waals surface area contributed by atoms with Crippen molar-refractivity contribution >= 4 is 15.9 Å². The quantitative estimate of drug-likeness (QED) is 0.909. The molecule has 0 amide bonds. The molecule has 0 spiro atoms. The van der Waals surface area contributed by atoms with Crippen LogP contribution in [0.5, 0.6) is 0 Å². The van der Waals surface area contributed by atoms with E-state index in [4.69, 9.17) is 5.73 Å². The van der Waals surface area contributed by atoms with Crippen molar-refractivity contribution in [2.75, 3.05) is 0 Å². The number of rotatable bonds is 2. The van der Waals surface area contributed by atoms with E-state index in [-0.39, 0.29) is 5.82 Å². The number of nitrogens with zero attached hydrogens (tertiary/aromatic N) is 2. The van der Waals surface area contributed by atoms with E-state index in [2.05, 4.69) is 20.9 Å². The van der Waals surface area contributed by atoms with Crippen LogP contribution in [0.1, 0.15) is 5.69 Å². The number of hydrogen-bond acceptors (Lipinski definition) is 2. The van der Waals surface area contributed by atoms with E-state index in [0.29, 0.717) is 12.2 Å². The zero-order valence-corrected chi connectivity index (χ0v) is 9.41. The van der Waals surface area contributed by atoms with Gasteiger partial charge in [-0.25, -0.2) is 9.37 Å². The lowest BCUT2D eigenvalue weighted by molar-refractivity contribution is 0.626. The highest BCUT2D eigenvalue weighted by molar-refractivity contribution is 9.10. The molecule has 0 bridgehead atoms.